The van der Waals surface area contributed by atoms with Crippen molar-refractivity contribution in [3.05, 3.63) is 71.8 Å². The second-order valence-electron chi connectivity index (χ2n) is 6.32. The Morgan fingerprint density at radius 3 is 2.33 bits per heavy atom. The molecule has 3 aromatic rings. The number of aromatic nitrogens is 2. The SMILES string of the molecule is Cc1cccc(CC(=O)Nc2ccc(-c3ccc(S(C)(=O)=O)nn3)cc2)c1. The summed E-state index contributed by atoms with van der Waals surface area (Å²) in [6, 6.07) is 18.0. The summed E-state index contributed by atoms with van der Waals surface area (Å²) in [7, 11) is -3.37. The van der Waals surface area contributed by atoms with E-state index >= 15 is 0 Å². The first-order valence-corrected chi connectivity index (χ1v) is 10.2. The van der Waals surface area contributed by atoms with Gasteiger partial charge in [0.1, 0.15) is 0 Å². The molecule has 2 aromatic carbocycles. The van der Waals surface area contributed by atoms with E-state index in [1.807, 2.05) is 31.2 Å². The monoisotopic (exact) mass is 381 g/mol. The number of carbonyl (C=O) groups is 1. The summed E-state index contributed by atoms with van der Waals surface area (Å²) in [6.07, 6.45) is 1.40. The van der Waals surface area contributed by atoms with Gasteiger partial charge in [-0.1, -0.05) is 42.0 Å². The van der Waals surface area contributed by atoms with Crippen molar-refractivity contribution in [2.45, 2.75) is 18.4 Å². The van der Waals surface area contributed by atoms with Crippen LogP contribution in [0.1, 0.15) is 11.1 Å². The molecule has 7 heteroatoms. The van der Waals surface area contributed by atoms with Gasteiger partial charge in [-0.2, -0.15) is 0 Å². The number of nitrogens with one attached hydrogen (secondary N) is 1. The van der Waals surface area contributed by atoms with Crippen LogP contribution in [0.4, 0.5) is 5.69 Å². The number of anilines is 1. The second-order valence-corrected chi connectivity index (χ2v) is 8.28. The van der Waals surface area contributed by atoms with Crippen LogP contribution in [0, 0.1) is 6.92 Å². The first-order chi connectivity index (χ1) is 12.8. The van der Waals surface area contributed by atoms with Crippen molar-refractivity contribution in [1.82, 2.24) is 10.2 Å². The van der Waals surface area contributed by atoms with Crippen LogP contribution >= 0.6 is 0 Å². The lowest BCUT2D eigenvalue weighted by Gasteiger charge is -2.07. The number of aryl methyl sites for hydroxylation is 1. The predicted molar refractivity (Wildman–Crippen MR) is 104 cm³/mol. The van der Waals surface area contributed by atoms with Gasteiger partial charge in [0, 0.05) is 17.5 Å². The van der Waals surface area contributed by atoms with Gasteiger partial charge in [0.15, 0.2) is 14.9 Å². The zero-order valence-corrected chi connectivity index (χ0v) is 15.8. The Hall–Kier alpha value is -3.06. The van der Waals surface area contributed by atoms with Crippen LogP contribution in [-0.4, -0.2) is 30.8 Å². The molecule has 3 rings (SSSR count). The minimum atomic E-state index is -3.37. The molecular weight excluding hydrogens is 362 g/mol. The summed E-state index contributed by atoms with van der Waals surface area (Å²) < 4.78 is 22.9. The molecule has 6 nitrogen and oxygen atoms in total. The average molecular weight is 381 g/mol. The summed E-state index contributed by atoms with van der Waals surface area (Å²) in [5.74, 6) is -0.0920. The number of amides is 1. The molecule has 0 saturated carbocycles. The van der Waals surface area contributed by atoms with Crippen LogP contribution in [0.5, 0.6) is 0 Å². The van der Waals surface area contributed by atoms with E-state index < -0.39 is 9.84 Å². The van der Waals surface area contributed by atoms with Gasteiger partial charge in [0.25, 0.3) is 0 Å². The zero-order valence-electron chi connectivity index (χ0n) is 15.0. The lowest BCUT2D eigenvalue weighted by Crippen LogP contribution is -2.14. The maximum atomic E-state index is 12.2. The van der Waals surface area contributed by atoms with E-state index in [4.69, 9.17) is 0 Å². The summed E-state index contributed by atoms with van der Waals surface area (Å²) in [5, 5.41) is 10.5. The van der Waals surface area contributed by atoms with Gasteiger partial charge in [-0.3, -0.25) is 4.79 Å². The largest absolute Gasteiger partial charge is 0.326 e. The smallest absolute Gasteiger partial charge is 0.228 e. The Kier molecular flexibility index (Phi) is 5.32. The molecular formula is C20H19N3O3S. The second kappa shape index (κ2) is 7.67. The molecule has 1 aromatic heterocycles. The van der Waals surface area contributed by atoms with E-state index in [0.29, 0.717) is 17.8 Å². The van der Waals surface area contributed by atoms with Gasteiger partial charge < -0.3 is 5.32 Å². The highest BCUT2D eigenvalue weighted by molar-refractivity contribution is 7.90. The number of carbonyl (C=O) groups excluding carboxylic acids is 1. The van der Waals surface area contributed by atoms with E-state index in [-0.39, 0.29) is 10.9 Å². The Bertz CT molecular complexity index is 1060. The lowest BCUT2D eigenvalue weighted by molar-refractivity contribution is -0.115. The fourth-order valence-corrected chi connectivity index (χ4v) is 3.11. The predicted octanol–water partition coefficient (Wildman–Crippen LogP) is 3.04. The highest BCUT2D eigenvalue weighted by atomic mass is 32.2. The third-order valence-electron chi connectivity index (χ3n) is 3.93. The molecule has 0 saturated heterocycles. The van der Waals surface area contributed by atoms with Crippen LogP contribution in [0.25, 0.3) is 11.3 Å². The van der Waals surface area contributed by atoms with Gasteiger partial charge in [-0.05, 0) is 36.8 Å². The molecule has 0 spiro atoms. The molecule has 1 heterocycles. The molecule has 0 radical (unpaired) electrons. The van der Waals surface area contributed by atoms with Gasteiger partial charge in [-0.25, -0.2) is 8.42 Å². The molecule has 0 aliphatic rings. The Labute approximate surface area is 158 Å². The summed E-state index contributed by atoms with van der Waals surface area (Å²) >= 11 is 0. The molecule has 1 amide bonds. The van der Waals surface area contributed by atoms with Crippen LogP contribution in [0.15, 0.2) is 65.7 Å². The van der Waals surface area contributed by atoms with E-state index in [1.165, 1.54) is 6.07 Å². The molecule has 0 bridgehead atoms. The molecule has 0 atom stereocenters. The maximum Gasteiger partial charge on any atom is 0.228 e. The number of nitrogens with zero attached hydrogens (tertiary/aromatic N) is 2. The Balaban J connectivity index is 1.67. The minimum Gasteiger partial charge on any atom is -0.326 e. The van der Waals surface area contributed by atoms with E-state index in [9.17, 15) is 13.2 Å². The van der Waals surface area contributed by atoms with Gasteiger partial charge in [0.05, 0.1) is 12.1 Å². The average Bonchev–Trinajstić information content (AvgIpc) is 2.62. The van der Waals surface area contributed by atoms with Crippen molar-refractivity contribution in [2.24, 2.45) is 0 Å². The quantitative estimate of drug-likeness (QED) is 0.734. The van der Waals surface area contributed by atoms with Crippen LogP contribution in [0.3, 0.4) is 0 Å². The zero-order chi connectivity index (χ0) is 19.4. The molecule has 0 unspecified atom stereocenters. The standard InChI is InChI=1S/C20H19N3O3S/c1-14-4-3-5-15(12-14)13-19(24)21-17-8-6-16(7-9-17)18-10-11-20(23-22-18)27(2,25)26/h3-12H,13H2,1-2H3,(H,21,24). The number of rotatable bonds is 5. The summed E-state index contributed by atoms with van der Waals surface area (Å²) in [5.41, 5.74) is 4.09. The van der Waals surface area contributed by atoms with Crippen molar-refractivity contribution in [2.75, 3.05) is 11.6 Å². The number of hydrogen-bond acceptors (Lipinski definition) is 5. The fourth-order valence-electron chi connectivity index (χ4n) is 2.61. The molecule has 27 heavy (non-hydrogen) atoms. The van der Waals surface area contributed by atoms with Gasteiger partial charge in [0.2, 0.25) is 5.91 Å². The first kappa shape index (κ1) is 18.7. The third kappa shape index (κ3) is 4.98. The van der Waals surface area contributed by atoms with Crippen LogP contribution in [0.2, 0.25) is 0 Å². The Morgan fingerprint density at radius 2 is 1.74 bits per heavy atom. The third-order valence-corrected chi connectivity index (χ3v) is 4.91. The van der Waals surface area contributed by atoms with Crippen LogP contribution in [-0.2, 0) is 21.1 Å². The van der Waals surface area contributed by atoms with E-state index in [0.717, 1.165) is 22.9 Å². The minimum absolute atomic E-state index is 0.0636. The number of benzene rings is 2. The molecule has 0 aliphatic carbocycles. The molecule has 1 N–H and O–H groups in total. The topological polar surface area (TPSA) is 89.0 Å². The highest BCUT2D eigenvalue weighted by Crippen LogP contribution is 2.20. The van der Waals surface area contributed by atoms with E-state index in [2.05, 4.69) is 15.5 Å². The summed E-state index contributed by atoms with van der Waals surface area (Å²) in [6.45, 7) is 1.99. The van der Waals surface area contributed by atoms with Crippen LogP contribution < -0.4 is 5.32 Å². The summed E-state index contributed by atoms with van der Waals surface area (Å²) in [4.78, 5) is 12.2. The fraction of sp³-hybridized carbons (Fsp3) is 0.150. The van der Waals surface area contributed by atoms with Crippen molar-refractivity contribution >= 4 is 21.4 Å². The molecule has 0 fully saturated rings. The van der Waals surface area contributed by atoms with Crippen molar-refractivity contribution in [3.63, 3.8) is 0 Å². The van der Waals surface area contributed by atoms with Gasteiger partial charge in [-0.15, -0.1) is 10.2 Å². The molecule has 138 valence electrons. The van der Waals surface area contributed by atoms with Crippen molar-refractivity contribution in [3.8, 4) is 11.3 Å². The molecule has 0 aliphatic heterocycles. The van der Waals surface area contributed by atoms with E-state index in [1.54, 1.807) is 30.3 Å². The normalized spacial score (nSPS) is 11.2. The van der Waals surface area contributed by atoms with Gasteiger partial charge >= 0.3 is 0 Å². The lowest BCUT2D eigenvalue weighted by atomic mass is 10.1. The number of hydrogen-bond donors (Lipinski definition) is 1. The Morgan fingerprint density at radius 1 is 1.00 bits per heavy atom. The van der Waals surface area contributed by atoms with Crippen molar-refractivity contribution in [1.29, 1.82) is 0 Å². The maximum absolute atomic E-state index is 12.2. The highest BCUT2D eigenvalue weighted by Gasteiger charge is 2.10. The number of sulfone groups is 1. The first-order valence-electron chi connectivity index (χ1n) is 8.31. The van der Waals surface area contributed by atoms with Crippen molar-refractivity contribution < 1.29 is 13.2 Å².